The molecular formula is C11H12BrN5S. The van der Waals surface area contributed by atoms with E-state index in [4.69, 9.17) is 17.2 Å². The molecular weight excluding hydrogens is 314 g/mol. The van der Waals surface area contributed by atoms with Crippen molar-refractivity contribution in [3.05, 3.63) is 34.3 Å². The SMILES string of the molecule is NCc1ccc(Sc2nc(N)cc(N)n2)cc1Br. The third-order valence-corrected chi connectivity index (χ3v) is 3.79. The molecule has 0 bridgehead atoms. The van der Waals surface area contributed by atoms with E-state index in [0.717, 1.165) is 14.9 Å². The molecule has 0 fully saturated rings. The van der Waals surface area contributed by atoms with Gasteiger partial charge < -0.3 is 17.2 Å². The Balaban J connectivity index is 2.25. The molecule has 0 amide bonds. The molecule has 2 rings (SSSR count). The van der Waals surface area contributed by atoms with Gasteiger partial charge in [-0.05, 0) is 29.5 Å². The van der Waals surface area contributed by atoms with Crippen LogP contribution in [0.25, 0.3) is 0 Å². The van der Waals surface area contributed by atoms with Gasteiger partial charge in [-0.1, -0.05) is 22.0 Å². The van der Waals surface area contributed by atoms with Gasteiger partial charge in [0.15, 0.2) is 5.16 Å². The van der Waals surface area contributed by atoms with Gasteiger partial charge >= 0.3 is 0 Å². The van der Waals surface area contributed by atoms with Crippen LogP contribution in [0.5, 0.6) is 0 Å². The monoisotopic (exact) mass is 325 g/mol. The molecule has 1 aromatic heterocycles. The minimum absolute atomic E-state index is 0.364. The van der Waals surface area contributed by atoms with E-state index in [2.05, 4.69) is 25.9 Å². The largest absolute Gasteiger partial charge is 0.383 e. The number of nitrogens with zero attached hydrogens (tertiary/aromatic N) is 2. The summed E-state index contributed by atoms with van der Waals surface area (Å²) in [4.78, 5) is 9.21. The van der Waals surface area contributed by atoms with Gasteiger partial charge in [0, 0.05) is 22.0 Å². The number of halogens is 1. The van der Waals surface area contributed by atoms with E-state index < -0.39 is 0 Å². The number of nitrogens with two attached hydrogens (primary N) is 3. The van der Waals surface area contributed by atoms with Gasteiger partial charge in [-0.15, -0.1) is 0 Å². The van der Waals surface area contributed by atoms with E-state index >= 15 is 0 Å². The van der Waals surface area contributed by atoms with E-state index in [1.54, 1.807) is 0 Å². The summed E-state index contributed by atoms with van der Waals surface area (Å²) in [6, 6.07) is 7.41. The second-order valence-electron chi connectivity index (χ2n) is 3.56. The van der Waals surface area contributed by atoms with Crippen molar-refractivity contribution < 1.29 is 0 Å². The zero-order valence-corrected chi connectivity index (χ0v) is 11.8. The number of benzene rings is 1. The van der Waals surface area contributed by atoms with Crippen LogP contribution >= 0.6 is 27.7 Å². The molecule has 0 aliphatic rings. The van der Waals surface area contributed by atoms with E-state index in [0.29, 0.717) is 23.3 Å². The Labute approximate surface area is 117 Å². The van der Waals surface area contributed by atoms with Crippen LogP contribution in [0.15, 0.2) is 38.8 Å². The van der Waals surface area contributed by atoms with Crippen molar-refractivity contribution in [3.8, 4) is 0 Å². The molecule has 0 radical (unpaired) electrons. The van der Waals surface area contributed by atoms with Gasteiger partial charge in [-0.25, -0.2) is 9.97 Å². The van der Waals surface area contributed by atoms with Crippen molar-refractivity contribution in [2.75, 3.05) is 11.5 Å². The Morgan fingerprint density at radius 3 is 2.33 bits per heavy atom. The highest BCUT2D eigenvalue weighted by molar-refractivity contribution is 9.10. The van der Waals surface area contributed by atoms with Crippen molar-refractivity contribution in [3.63, 3.8) is 0 Å². The van der Waals surface area contributed by atoms with Crippen LogP contribution in [-0.4, -0.2) is 9.97 Å². The average molecular weight is 326 g/mol. The van der Waals surface area contributed by atoms with E-state index in [9.17, 15) is 0 Å². The van der Waals surface area contributed by atoms with Crippen LogP contribution in [0, 0.1) is 0 Å². The van der Waals surface area contributed by atoms with Crippen LogP contribution in [0.1, 0.15) is 5.56 Å². The zero-order valence-electron chi connectivity index (χ0n) is 9.43. The lowest BCUT2D eigenvalue weighted by molar-refractivity contribution is 0.983. The Bertz CT molecular complexity index is 555. The molecule has 0 saturated heterocycles. The molecule has 6 N–H and O–H groups in total. The summed E-state index contributed by atoms with van der Waals surface area (Å²) in [5.41, 5.74) is 17.9. The number of anilines is 2. The van der Waals surface area contributed by atoms with Crippen molar-refractivity contribution >= 4 is 39.3 Å². The molecule has 94 valence electrons. The molecule has 0 saturated carbocycles. The van der Waals surface area contributed by atoms with E-state index in [-0.39, 0.29) is 0 Å². The van der Waals surface area contributed by atoms with Gasteiger partial charge in [-0.3, -0.25) is 0 Å². The molecule has 0 aliphatic carbocycles. The standard InChI is InChI=1S/C11H12BrN5S/c12-8-3-7(2-1-6(8)5-13)18-11-16-9(14)4-10(15)17-11/h1-4H,5,13H2,(H4,14,15,16,17). The Morgan fingerprint density at radius 1 is 1.11 bits per heavy atom. The van der Waals surface area contributed by atoms with Crippen LogP contribution in [0.4, 0.5) is 11.6 Å². The first-order valence-corrected chi connectivity index (χ1v) is 6.76. The van der Waals surface area contributed by atoms with Gasteiger partial charge in [0.2, 0.25) is 0 Å². The lowest BCUT2D eigenvalue weighted by Crippen LogP contribution is -1.99. The van der Waals surface area contributed by atoms with E-state index in [1.807, 2.05) is 18.2 Å². The predicted octanol–water partition coefficient (Wildman–Crippen LogP) is 2.01. The maximum atomic E-state index is 5.62. The minimum atomic E-state index is 0.364. The number of aromatic nitrogens is 2. The summed E-state index contributed by atoms with van der Waals surface area (Å²) in [5, 5.41) is 0.528. The topological polar surface area (TPSA) is 104 Å². The first kappa shape index (κ1) is 13.1. The fourth-order valence-electron chi connectivity index (χ4n) is 1.37. The Kier molecular flexibility index (Phi) is 4.05. The molecule has 0 unspecified atom stereocenters. The van der Waals surface area contributed by atoms with Crippen molar-refractivity contribution in [1.82, 2.24) is 9.97 Å². The molecule has 7 heteroatoms. The van der Waals surface area contributed by atoms with Crippen LogP contribution in [-0.2, 0) is 6.54 Å². The highest BCUT2D eigenvalue weighted by Gasteiger charge is 2.05. The van der Waals surface area contributed by atoms with Crippen LogP contribution in [0.3, 0.4) is 0 Å². The van der Waals surface area contributed by atoms with Crippen molar-refractivity contribution in [2.45, 2.75) is 16.6 Å². The normalized spacial score (nSPS) is 10.6. The van der Waals surface area contributed by atoms with Gasteiger partial charge in [0.1, 0.15) is 11.6 Å². The first-order chi connectivity index (χ1) is 8.58. The zero-order chi connectivity index (χ0) is 13.1. The number of hydrogen-bond donors (Lipinski definition) is 3. The number of rotatable bonds is 3. The average Bonchev–Trinajstić information content (AvgIpc) is 2.27. The molecule has 1 heterocycles. The third-order valence-electron chi connectivity index (χ3n) is 2.20. The lowest BCUT2D eigenvalue weighted by atomic mass is 10.2. The first-order valence-electron chi connectivity index (χ1n) is 5.15. The Morgan fingerprint density at radius 2 is 1.78 bits per heavy atom. The van der Waals surface area contributed by atoms with Crippen molar-refractivity contribution in [1.29, 1.82) is 0 Å². The molecule has 0 atom stereocenters. The summed E-state index contributed by atoms with van der Waals surface area (Å²) in [7, 11) is 0. The van der Waals surface area contributed by atoms with Crippen LogP contribution < -0.4 is 17.2 Å². The fourth-order valence-corrected chi connectivity index (χ4v) is 2.89. The number of nitrogen functional groups attached to an aromatic ring is 2. The summed E-state index contributed by atoms with van der Waals surface area (Å²) in [6.45, 7) is 0.493. The summed E-state index contributed by atoms with van der Waals surface area (Å²) >= 11 is 4.86. The Hall–Kier alpha value is -1.31. The third kappa shape index (κ3) is 3.12. The lowest BCUT2D eigenvalue weighted by Gasteiger charge is -2.05. The highest BCUT2D eigenvalue weighted by Crippen LogP contribution is 2.29. The second-order valence-corrected chi connectivity index (χ2v) is 5.45. The molecule has 1 aromatic carbocycles. The smallest absolute Gasteiger partial charge is 0.196 e. The quantitative estimate of drug-likeness (QED) is 0.746. The minimum Gasteiger partial charge on any atom is -0.383 e. The maximum absolute atomic E-state index is 5.62. The molecule has 0 spiro atoms. The fraction of sp³-hybridized carbons (Fsp3) is 0.0909. The molecule has 0 aliphatic heterocycles. The predicted molar refractivity (Wildman–Crippen MR) is 77.0 cm³/mol. The van der Waals surface area contributed by atoms with Crippen LogP contribution in [0.2, 0.25) is 0 Å². The molecule has 5 nitrogen and oxygen atoms in total. The summed E-state index contributed by atoms with van der Waals surface area (Å²) < 4.78 is 0.965. The van der Waals surface area contributed by atoms with Gasteiger partial charge in [0.05, 0.1) is 0 Å². The highest BCUT2D eigenvalue weighted by atomic mass is 79.9. The second kappa shape index (κ2) is 5.55. The molecule has 2 aromatic rings. The van der Waals surface area contributed by atoms with Gasteiger partial charge in [-0.2, -0.15) is 0 Å². The maximum Gasteiger partial charge on any atom is 0.196 e. The van der Waals surface area contributed by atoms with E-state index in [1.165, 1.54) is 17.8 Å². The summed E-state index contributed by atoms with van der Waals surface area (Å²) in [6.07, 6.45) is 0. The molecule has 18 heavy (non-hydrogen) atoms. The number of hydrogen-bond acceptors (Lipinski definition) is 6. The summed E-state index contributed by atoms with van der Waals surface area (Å²) in [5.74, 6) is 0.727. The van der Waals surface area contributed by atoms with Crippen molar-refractivity contribution in [2.24, 2.45) is 5.73 Å². The van der Waals surface area contributed by atoms with Gasteiger partial charge in [0.25, 0.3) is 0 Å².